The molecule has 3 nitrogen and oxygen atoms in total. The van der Waals surface area contributed by atoms with E-state index in [0.29, 0.717) is 5.92 Å². The Bertz CT molecular complexity index is 394. The third kappa shape index (κ3) is 4.05. The van der Waals surface area contributed by atoms with E-state index in [1.807, 2.05) is 0 Å². The van der Waals surface area contributed by atoms with Gasteiger partial charge in [0.05, 0.1) is 6.61 Å². The zero-order chi connectivity index (χ0) is 14.4. The molecule has 1 fully saturated rings. The number of benzene rings is 1. The smallest absolute Gasteiger partial charge is 0.0536 e. The van der Waals surface area contributed by atoms with Crippen LogP contribution in [0, 0.1) is 5.41 Å². The number of ether oxygens (including phenoxy) is 1. The molecule has 1 aromatic rings. The van der Waals surface area contributed by atoms with E-state index in [1.54, 1.807) is 0 Å². The molecule has 2 N–H and O–H groups in total. The minimum atomic E-state index is 0.132. The second-order valence-corrected chi connectivity index (χ2v) is 6.28. The van der Waals surface area contributed by atoms with Gasteiger partial charge in [0.1, 0.15) is 0 Å². The largest absolute Gasteiger partial charge is 0.396 e. The Morgan fingerprint density at radius 3 is 2.60 bits per heavy atom. The normalized spacial score (nSPS) is 22.6. The molecule has 1 aliphatic heterocycles. The summed E-state index contributed by atoms with van der Waals surface area (Å²) in [5.41, 5.74) is 2.83. The molecule has 1 saturated heterocycles. The molecular weight excluding hydrogens is 250 g/mol. The average Bonchev–Trinajstić information content (AvgIpc) is 2.88. The van der Waals surface area contributed by atoms with Gasteiger partial charge in [0.25, 0.3) is 0 Å². The van der Waals surface area contributed by atoms with Crippen LogP contribution in [0.4, 0.5) is 0 Å². The molecule has 2 rings (SSSR count). The van der Waals surface area contributed by atoms with E-state index in [-0.39, 0.29) is 12.0 Å². The fourth-order valence-electron chi connectivity index (χ4n) is 2.80. The molecule has 1 unspecified atom stereocenters. The summed E-state index contributed by atoms with van der Waals surface area (Å²) in [6.07, 6.45) is 1.87. The Hall–Kier alpha value is -0.900. The topological polar surface area (TPSA) is 41.5 Å². The molecule has 1 atom stereocenters. The van der Waals surface area contributed by atoms with Crippen LogP contribution in [0.3, 0.4) is 0 Å². The van der Waals surface area contributed by atoms with Crippen LogP contribution in [0.15, 0.2) is 24.3 Å². The van der Waals surface area contributed by atoms with Gasteiger partial charge in [0.2, 0.25) is 0 Å². The van der Waals surface area contributed by atoms with Gasteiger partial charge in [-0.3, -0.25) is 0 Å². The highest BCUT2D eigenvalue weighted by Crippen LogP contribution is 2.31. The molecule has 20 heavy (non-hydrogen) atoms. The summed E-state index contributed by atoms with van der Waals surface area (Å²) in [6, 6.07) is 8.83. The van der Waals surface area contributed by atoms with E-state index >= 15 is 0 Å². The van der Waals surface area contributed by atoms with Gasteiger partial charge < -0.3 is 15.2 Å². The summed E-state index contributed by atoms with van der Waals surface area (Å²) in [5, 5.41) is 12.7. The lowest BCUT2D eigenvalue weighted by atomic mass is 9.84. The van der Waals surface area contributed by atoms with E-state index in [2.05, 4.69) is 43.4 Å². The monoisotopic (exact) mass is 277 g/mol. The van der Waals surface area contributed by atoms with Gasteiger partial charge in [-0.2, -0.15) is 0 Å². The molecule has 1 aliphatic rings. The molecule has 0 amide bonds. The second-order valence-electron chi connectivity index (χ2n) is 6.28. The number of hydrogen-bond donors (Lipinski definition) is 2. The maximum Gasteiger partial charge on any atom is 0.0536 e. The standard InChI is InChI=1S/C17H27NO2/c1-14(2)16-5-3-15(4-6-16)11-18-12-17(7-9-19)8-10-20-13-17/h3-6,14,18-19H,7-13H2,1-2H3. The van der Waals surface area contributed by atoms with E-state index in [4.69, 9.17) is 4.74 Å². The van der Waals surface area contributed by atoms with Crippen molar-refractivity contribution in [2.45, 2.75) is 39.2 Å². The number of nitrogens with one attached hydrogen (secondary N) is 1. The van der Waals surface area contributed by atoms with Crippen LogP contribution in [0.5, 0.6) is 0 Å². The first kappa shape index (κ1) is 15.5. The van der Waals surface area contributed by atoms with Crippen LogP contribution < -0.4 is 5.32 Å². The number of rotatable bonds is 7. The van der Waals surface area contributed by atoms with Gasteiger partial charge in [-0.05, 0) is 29.9 Å². The summed E-state index contributed by atoms with van der Waals surface area (Å²) >= 11 is 0. The highest BCUT2D eigenvalue weighted by molar-refractivity contribution is 5.24. The first-order chi connectivity index (χ1) is 9.65. The summed E-state index contributed by atoms with van der Waals surface area (Å²) in [4.78, 5) is 0. The van der Waals surface area contributed by atoms with Crippen LogP contribution in [-0.4, -0.2) is 31.5 Å². The molecular formula is C17H27NO2. The molecule has 0 bridgehead atoms. The Kier molecular flexibility index (Phi) is 5.58. The second kappa shape index (κ2) is 7.21. The lowest BCUT2D eigenvalue weighted by Crippen LogP contribution is -2.35. The van der Waals surface area contributed by atoms with Crippen molar-refractivity contribution in [2.75, 3.05) is 26.4 Å². The van der Waals surface area contributed by atoms with Gasteiger partial charge in [-0.1, -0.05) is 38.1 Å². The Balaban J connectivity index is 1.82. The molecule has 0 saturated carbocycles. The zero-order valence-electron chi connectivity index (χ0n) is 12.7. The number of aliphatic hydroxyl groups excluding tert-OH is 1. The highest BCUT2D eigenvalue weighted by Gasteiger charge is 2.33. The predicted octanol–water partition coefficient (Wildman–Crippen LogP) is 2.69. The zero-order valence-corrected chi connectivity index (χ0v) is 12.7. The first-order valence-corrected chi connectivity index (χ1v) is 7.63. The predicted molar refractivity (Wildman–Crippen MR) is 81.8 cm³/mol. The van der Waals surface area contributed by atoms with Crippen LogP contribution in [0.1, 0.15) is 43.7 Å². The van der Waals surface area contributed by atoms with Crippen molar-refractivity contribution >= 4 is 0 Å². The molecule has 1 heterocycles. The van der Waals surface area contributed by atoms with Gasteiger partial charge in [0.15, 0.2) is 0 Å². The highest BCUT2D eigenvalue weighted by atomic mass is 16.5. The van der Waals surface area contributed by atoms with Crippen LogP contribution in [0.2, 0.25) is 0 Å². The summed E-state index contributed by atoms with van der Waals surface area (Å²) in [5.74, 6) is 0.584. The molecule has 0 aromatic heterocycles. The quantitative estimate of drug-likeness (QED) is 0.805. The average molecular weight is 277 g/mol. The summed E-state index contributed by atoms with van der Waals surface area (Å²) < 4.78 is 5.51. The SMILES string of the molecule is CC(C)c1ccc(CNCC2(CCO)CCOC2)cc1. The van der Waals surface area contributed by atoms with Crippen molar-refractivity contribution in [3.05, 3.63) is 35.4 Å². The Labute approximate surface area is 122 Å². The molecule has 1 aromatic carbocycles. The van der Waals surface area contributed by atoms with Gasteiger partial charge in [-0.15, -0.1) is 0 Å². The minimum absolute atomic E-state index is 0.132. The third-order valence-electron chi connectivity index (χ3n) is 4.30. The van der Waals surface area contributed by atoms with Crippen LogP contribution >= 0.6 is 0 Å². The molecule has 3 heteroatoms. The lowest BCUT2D eigenvalue weighted by Gasteiger charge is -2.26. The van der Waals surface area contributed by atoms with Gasteiger partial charge in [0, 0.05) is 31.7 Å². The van der Waals surface area contributed by atoms with Crippen molar-refractivity contribution in [3.63, 3.8) is 0 Å². The van der Waals surface area contributed by atoms with E-state index < -0.39 is 0 Å². The molecule has 0 spiro atoms. The lowest BCUT2D eigenvalue weighted by molar-refractivity contribution is 0.124. The first-order valence-electron chi connectivity index (χ1n) is 7.63. The minimum Gasteiger partial charge on any atom is -0.396 e. The van der Waals surface area contributed by atoms with E-state index in [0.717, 1.165) is 39.1 Å². The van der Waals surface area contributed by atoms with E-state index in [1.165, 1.54) is 11.1 Å². The molecule has 0 radical (unpaired) electrons. The number of aliphatic hydroxyl groups is 1. The van der Waals surface area contributed by atoms with Crippen LogP contribution in [0.25, 0.3) is 0 Å². The number of hydrogen-bond acceptors (Lipinski definition) is 3. The van der Waals surface area contributed by atoms with Crippen molar-refractivity contribution in [1.29, 1.82) is 0 Å². The van der Waals surface area contributed by atoms with Gasteiger partial charge >= 0.3 is 0 Å². The van der Waals surface area contributed by atoms with E-state index in [9.17, 15) is 5.11 Å². The maximum absolute atomic E-state index is 9.21. The van der Waals surface area contributed by atoms with Crippen molar-refractivity contribution in [2.24, 2.45) is 5.41 Å². The Morgan fingerprint density at radius 1 is 1.30 bits per heavy atom. The van der Waals surface area contributed by atoms with Crippen LogP contribution in [-0.2, 0) is 11.3 Å². The summed E-state index contributed by atoms with van der Waals surface area (Å²) in [6.45, 7) is 8.06. The molecule has 112 valence electrons. The maximum atomic E-state index is 9.21. The fourth-order valence-corrected chi connectivity index (χ4v) is 2.80. The fraction of sp³-hybridized carbons (Fsp3) is 0.647. The third-order valence-corrected chi connectivity index (χ3v) is 4.30. The van der Waals surface area contributed by atoms with Gasteiger partial charge in [-0.25, -0.2) is 0 Å². The molecule has 0 aliphatic carbocycles. The van der Waals surface area contributed by atoms with Crippen molar-refractivity contribution < 1.29 is 9.84 Å². The Morgan fingerprint density at radius 2 is 2.05 bits per heavy atom. The summed E-state index contributed by atoms with van der Waals surface area (Å²) in [7, 11) is 0. The van der Waals surface area contributed by atoms with Crippen molar-refractivity contribution in [3.8, 4) is 0 Å². The van der Waals surface area contributed by atoms with Crippen molar-refractivity contribution in [1.82, 2.24) is 5.32 Å².